The fraction of sp³-hybridized carbons (Fsp3) is 1.00. The van der Waals surface area contributed by atoms with Crippen LogP contribution in [-0.2, 0) is 0 Å². The Kier molecular flexibility index (Phi) is 4.22. The molecule has 1 rings (SSSR count). The summed E-state index contributed by atoms with van der Waals surface area (Å²) in [4.78, 5) is 2.71. The first-order valence-corrected chi connectivity index (χ1v) is 10.5. The third-order valence-electron chi connectivity index (χ3n) is 5.27. The van der Waals surface area contributed by atoms with E-state index < -0.39 is 7.94 Å². The van der Waals surface area contributed by atoms with Crippen molar-refractivity contribution in [2.75, 3.05) is 0 Å². The monoisotopic (exact) mass is 266 g/mol. The largest absolute Gasteiger partial charge is 0.340 e. The molecule has 1 heterocycles. The molecular formula is C15H33BNSi. The minimum Gasteiger partial charge on any atom is -0.340 e. The quantitative estimate of drug-likeness (QED) is 0.657. The molecule has 0 amide bonds. The van der Waals surface area contributed by atoms with Crippen molar-refractivity contribution in [3.8, 4) is 0 Å². The fourth-order valence-corrected chi connectivity index (χ4v) is 4.61. The second-order valence-electron chi connectivity index (χ2n) is 8.95. The van der Waals surface area contributed by atoms with Gasteiger partial charge in [-0.3, -0.25) is 0 Å². The summed E-state index contributed by atoms with van der Waals surface area (Å²) < 4.78 is 0. The highest BCUT2D eigenvalue weighted by Crippen LogP contribution is 2.42. The van der Waals surface area contributed by atoms with E-state index in [4.69, 9.17) is 0 Å². The molecular weight excluding hydrogens is 233 g/mol. The van der Waals surface area contributed by atoms with Crippen LogP contribution < -0.4 is 0 Å². The van der Waals surface area contributed by atoms with Gasteiger partial charge in [0.15, 0.2) is 7.01 Å². The summed E-state index contributed by atoms with van der Waals surface area (Å²) in [5.74, 6) is 0. The fourth-order valence-electron chi connectivity index (χ4n) is 2.88. The third-order valence-corrected chi connectivity index (χ3v) is 10.0. The molecule has 0 saturated carbocycles. The second-order valence-corrected chi connectivity index (χ2v) is 14.2. The van der Waals surface area contributed by atoms with Gasteiger partial charge in [0.05, 0.1) is 0 Å². The molecule has 0 N–H and O–H groups in total. The van der Waals surface area contributed by atoms with Crippen LogP contribution in [-0.4, -0.2) is 30.8 Å². The molecule has 1 fully saturated rings. The van der Waals surface area contributed by atoms with Gasteiger partial charge in [-0.15, -0.1) is 0 Å². The van der Waals surface area contributed by atoms with Crippen LogP contribution in [0.4, 0.5) is 0 Å². The molecule has 0 spiro atoms. The molecule has 0 aromatic rings. The topological polar surface area (TPSA) is 3.24 Å². The predicted octanol–water partition coefficient (Wildman–Crippen LogP) is 4.65. The van der Waals surface area contributed by atoms with E-state index in [1.165, 1.54) is 19.3 Å². The lowest BCUT2D eigenvalue weighted by Crippen LogP contribution is -2.66. The van der Waals surface area contributed by atoms with Crippen molar-refractivity contribution >= 4 is 15.0 Å². The third kappa shape index (κ3) is 3.22. The molecule has 1 aliphatic heterocycles. The average Bonchev–Trinajstić information content (AvgIpc) is 2.09. The minimum atomic E-state index is -1.37. The summed E-state index contributed by atoms with van der Waals surface area (Å²) >= 11 is 0. The normalized spacial score (nSPS) is 24.9. The van der Waals surface area contributed by atoms with Crippen LogP contribution in [0.2, 0.25) is 18.1 Å². The zero-order valence-corrected chi connectivity index (χ0v) is 15.1. The lowest BCUT2D eigenvalue weighted by atomic mass is 9.77. The van der Waals surface area contributed by atoms with E-state index in [-0.39, 0.29) is 0 Å². The molecule has 0 bridgehead atoms. The van der Waals surface area contributed by atoms with Gasteiger partial charge in [-0.2, -0.15) is 0 Å². The van der Waals surface area contributed by atoms with Crippen LogP contribution in [0.3, 0.4) is 0 Å². The smallest absolute Gasteiger partial charge is 0.199 e. The van der Waals surface area contributed by atoms with E-state index in [9.17, 15) is 0 Å². The Morgan fingerprint density at radius 2 is 1.33 bits per heavy atom. The highest BCUT2D eigenvalue weighted by atomic mass is 28.3. The Balaban J connectivity index is 2.98. The minimum absolute atomic E-state index is 0.317. The number of nitrogens with zero attached hydrogens (tertiary/aromatic N) is 1. The van der Waals surface area contributed by atoms with Crippen LogP contribution in [0.1, 0.15) is 67.7 Å². The molecule has 1 saturated heterocycles. The number of hydrogen-bond donors (Lipinski definition) is 0. The number of hydrogen-bond acceptors (Lipinski definition) is 1. The van der Waals surface area contributed by atoms with Gasteiger partial charge in [0.25, 0.3) is 0 Å². The maximum atomic E-state index is 2.71. The molecule has 1 nitrogen and oxygen atoms in total. The van der Waals surface area contributed by atoms with Gasteiger partial charge >= 0.3 is 0 Å². The Bertz CT molecular complexity index is 286. The van der Waals surface area contributed by atoms with Gasteiger partial charge in [-0.25, -0.2) is 0 Å². The number of piperidine rings is 1. The summed E-state index contributed by atoms with van der Waals surface area (Å²) in [5, 5.41) is 0.427. The zero-order chi connectivity index (χ0) is 14.4. The molecule has 0 unspecified atom stereocenters. The van der Waals surface area contributed by atoms with E-state index in [0.717, 1.165) is 0 Å². The summed E-state index contributed by atoms with van der Waals surface area (Å²) in [6.07, 6.45) is 4.00. The molecule has 1 aliphatic rings. The Morgan fingerprint density at radius 3 is 1.67 bits per heavy atom. The first kappa shape index (κ1) is 16.3. The molecule has 18 heavy (non-hydrogen) atoms. The maximum absolute atomic E-state index is 2.71. The first-order chi connectivity index (χ1) is 7.80. The highest BCUT2D eigenvalue weighted by molar-refractivity contribution is 7.24. The van der Waals surface area contributed by atoms with E-state index in [1.807, 2.05) is 0 Å². The summed E-state index contributed by atoms with van der Waals surface area (Å²) in [5.41, 5.74) is 0.633. The lowest BCUT2D eigenvalue weighted by Gasteiger charge is -2.56. The molecule has 3 heteroatoms. The van der Waals surface area contributed by atoms with Crippen LogP contribution in [0.25, 0.3) is 0 Å². The summed E-state index contributed by atoms with van der Waals surface area (Å²) in [6.45, 7) is 21.9. The van der Waals surface area contributed by atoms with Crippen molar-refractivity contribution in [3.05, 3.63) is 0 Å². The van der Waals surface area contributed by atoms with Crippen molar-refractivity contribution in [2.24, 2.45) is 0 Å². The Hall–Kier alpha value is 0.242. The molecule has 105 valence electrons. The van der Waals surface area contributed by atoms with Gasteiger partial charge < -0.3 is 4.81 Å². The summed E-state index contributed by atoms with van der Waals surface area (Å²) in [7, 11) is 1.29. The van der Waals surface area contributed by atoms with E-state index in [2.05, 4.69) is 73.4 Å². The van der Waals surface area contributed by atoms with Gasteiger partial charge in [0, 0.05) is 19.0 Å². The summed E-state index contributed by atoms with van der Waals surface area (Å²) in [6, 6.07) is 0. The van der Waals surface area contributed by atoms with Crippen molar-refractivity contribution < 1.29 is 0 Å². The van der Waals surface area contributed by atoms with Gasteiger partial charge in [-0.05, 0) is 52.0 Å². The molecule has 0 atom stereocenters. The zero-order valence-electron chi connectivity index (χ0n) is 14.1. The van der Waals surface area contributed by atoms with Crippen molar-refractivity contribution in [3.63, 3.8) is 0 Å². The van der Waals surface area contributed by atoms with Crippen LogP contribution >= 0.6 is 0 Å². The first-order valence-electron chi connectivity index (χ1n) is 7.45. The number of rotatable bonds is 2. The van der Waals surface area contributed by atoms with Crippen LogP contribution in [0.5, 0.6) is 0 Å². The SMILES string of the molecule is CC1(C)CCCC(C)(C)N1[B][Si](C)(C)C(C)(C)C. The van der Waals surface area contributed by atoms with Gasteiger partial charge in [0.1, 0.15) is 0 Å². The Labute approximate surface area is 117 Å². The van der Waals surface area contributed by atoms with Crippen LogP contribution in [0, 0.1) is 0 Å². The second kappa shape index (κ2) is 4.66. The van der Waals surface area contributed by atoms with Gasteiger partial charge in [-0.1, -0.05) is 33.9 Å². The maximum Gasteiger partial charge on any atom is 0.199 e. The lowest BCUT2D eigenvalue weighted by molar-refractivity contribution is 0.0555. The van der Waals surface area contributed by atoms with Crippen molar-refractivity contribution in [1.82, 2.24) is 4.81 Å². The highest BCUT2D eigenvalue weighted by Gasteiger charge is 2.47. The van der Waals surface area contributed by atoms with E-state index in [1.54, 1.807) is 0 Å². The van der Waals surface area contributed by atoms with Crippen molar-refractivity contribution in [2.45, 2.75) is 96.9 Å². The molecule has 0 aliphatic carbocycles. The Morgan fingerprint density at radius 1 is 0.944 bits per heavy atom. The molecule has 0 aromatic carbocycles. The van der Waals surface area contributed by atoms with Crippen LogP contribution in [0.15, 0.2) is 0 Å². The van der Waals surface area contributed by atoms with E-state index >= 15 is 0 Å². The predicted molar refractivity (Wildman–Crippen MR) is 86.8 cm³/mol. The molecule has 0 aromatic heterocycles. The molecule has 1 radical (unpaired) electrons. The van der Waals surface area contributed by atoms with Crippen molar-refractivity contribution in [1.29, 1.82) is 0 Å². The van der Waals surface area contributed by atoms with E-state index in [0.29, 0.717) is 16.1 Å². The van der Waals surface area contributed by atoms with Gasteiger partial charge in [0.2, 0.25) is 0 Å². The standard InChI is InChI=1S/C15H33BNSi/c1-13(2,3)18(8,9)16-17-14(4,5)11-10-12-15(17,6)7/h10-12H2,1-9H3. The average molecular weight is 266 g/mol.